The number of hydrogen-bond acceptors (Lipinski definition) is 1. The van der Waals surface area contributed by atoms with Crippen LogP contribution in [0.15, 0.2) is 30.8 Å². The Hall–Kier alpha value is -1.37. The molecule has 0 spiro atoms. The van der Waals surface area contributed by atoms with Crippen molar-refractivity contribution in [1.82, 2.24) is 0 Å². The third-order valence-corrected chi connectivity index (χ3v) is 1.29. The maximum Gasteiger partial charge on any atom is 0.234 e. The first-order valence-electron chi connectivity index (χ1n) is 2.98. The van der Waals surface area contributed by atoms with E-state index in [1.165, 1.54) is 0 Å². The number of hydrogen-bond donors (Lipinski definition) is 0. The topological polar surface area (TPSA) is 17.1 Å². The standard InChI is InChI=1S/C9H7O/c1-2-8-5-3-4-6-9(8)7-10/h2-6H,1H2. The van der Waals surface area contributed by atoms with Gasteiger partial charge in [-0.3, -0.25) is 4.79 Å². The lowest BCUT2D eigenvalue weighted by Crippen LogP contribution is -1.83. The molecule has 1 rings (SSSR count). The van der Waals surface area contributed by atoms with Gasteiger partial charge in [0.05, 0.1) is 0 Å². The lowest BCUT2D eigenvalue weighted by atomic mass is 10.1. The van der Waals surface area contributed by atoms with Crippen LogP contribution in [0, 0.1) is 0 Å². The van der Waals surface area contributed by atoms with Gasteiger partial charge in [0.2, 0.25) is 6.29 Å². The fourth-order valence-corrected chi connectivity index (χ4v) is 0.768. The van der Waals surface area contributed by atoms with Gasteiger partial charge in [-0.05, 0) is 5.56 Å². The van der Waals surface area contributed by atoms with Crippen LogP contribution in [0.2, 0.25) is 0 Å². The van der Waals surface area contributed by atoms with Gasteiger partial charge in [-0.25, -0.2) is 0 Å². The summed E-state index contributed by atoms with van der Waals surface area (Å²) < 4.78 is 0. The number of benzene rings is 1. The summed E-state index contributed by atoms with van der Waals surface area (Å²) in [5, 5.41) is 0. The maximum atomic E-state index is 10.2. The molecule has 0 amide bonds. The monoisotopic (exact) mass is 131 g/mol. The van der Waals surface area contributed by atoms with Crippen LogP contribution in [0.4, 0.5) is 0 Å². The number of carbonyl (C=O) groups excluding carboxylic acids is 1. The summed E-state index contributed by atoms with van der Waals surface area (Å²) in [6, 6.07) is 7.20. The van der Waals surface area contributed by atoms with Crippen LogP contribution in [-0.4, -0.2) is 6.29 Å². The highest BCUT2D eigenvalue weighted by Gasteiger charge is 1.93. The Morgan fingerprint density at radius 2 is 2.10 bits per heavy atom. The van der Waals surface area contributed by atoms with Gasteiger partial charge >= 0.3 is 0 Å². The zero-order valence-electron chi connectivity index (χ0n) is 5.50. The molecule has 1 radical (unpaired) electrons. The Bertz CT molecular complexity index is 224. The minimum absolute atomic E-state index is 0.567. The average molecular weight is 131 g/mol. The summed E-state index contributed by atoms with van der Waals surface area (Å²) in [4.78, 5) is 10.2. The molecule has 0 aliphatic heterocycles. The summed E-state index contributed by atoms with van der Waals surface area (Å²) in [6.45, 7) is 3.56. The lowest BCUT2D eigenvalue weighted by Gasteiger charge is -1.93. The Labute approximate surface area is 60.0 Å². The molecule has 0 N–H and O–H groups in total. The quantitative estimate of drug-likeness (QED) is 0.598. The molecule has 0 atom stereocenters. The van der Waals surface area contributed by atoms with E-state index in [1.54, 1.807) is 18.2 Å². The summed E-state index contributed by atoms with van der Waals surface area (Å²) in [5.74, 6) is 0. The van der Waals surface area contributed by atoms with Crippen molar-refractivity contribution < 1.29 is 4.79 Å². The van der Waals surface area contributed by atoms with Crippen molar-refractivity contribution in [3.8, 4) is 0 Å². The minimum atomic E-state index is 0.567. The molecular weight excluding hydrogens is 124 g/mol. The van der Waals surface area contributed by atoms with Crippen LogP contribution < -0.4 is 0 Å². The molecule has 0 saturated carbocycles. The van der Waals surface area contributed by atoms with E-state index >= 15 is 0 Å². The Morgan fingerprint density at radius 3 is 2.60 bits per heavy atom. The van der Waals surface area contributed by atoms with Gasteiger partial charge < -0.3 is 0 Å². The lowest BCUT2D eigenvalue weighted by molar-refractivity contribution is 0.562. The van der Waals surface area contributed by atoms with E-state index in [1.807, 2.05) is 18.4 Å². The van der Waals surface area contributed by atoms with Gasteiger partial charge in [0.15, 0.2) is 0 Å². The van der Waals surface area contributed by atoms with Gasteiger partial charge in [-0.1, -0.05) is 36.9 Å². The fourth-order valence-electron chi connectivity index (χ4n) is 0.768. The maximum absolute atomic E-state index is 10.2. The smallest absolute Gasteiger partial charge is 0.234 e. The SMILES string of the molecule is C=Cc1ccccc1[C]=O. The second-order valence-corrected chi connectivity index (χ2v) is 1.89. The molecular formula is C9H7O. The van der Waals surface area contributed by atoms with Gasteiger partial charge in [0.1, 0.15) is 0 Å². The van der Waals surface area contributed by atoms with Gasteiger partial charge in [-0.15, -0.1) is 0 Å². The van der Waals surface area contributed by atoms with Crippen molar-refractivity contribution in [3.05, 3.63) is 42.0 Å². The van der Waals surface area contributed by atoms with E-state index in [2.05, 4.69) is 6.58 Å². The van der Waals surface area contributed by atoms with E-state index in [4.69, 9.17) is 0 Å². The first-order valence-corrected chi connectivity index (χ1v) is 2.98. The highest BCUT2D eigenvalue weighted by molar-refractivity contribution is 5.81. The van der Waals surface area contributed by atoms with Crippen molar-refractivity contribution in [1.29, 1.82) is 0 Å². The van der Waals surface area contributed by atoms with E-state index in [9.17, 15) is 4.79 Å². The highest BCUT2D eigenvalue weighted by atomic mass is 16.1. The molecule has 1 nitrogen and oxygen atoms in total. The third-order valence-electron chi connectivity index (χ3n) is 1.29. The summed E-state index contributed by atoms with van der Waals surface area (Å²) in [6.07, 6.45) is 3.46. The van der Waals surface area contributed by atoms with Crippen molar-refractivity contribution >= 4 is 12.4 Å². The molecule has 0 unspecified atom stereocenters. The Balaban J connectivity index is 3.20. The molecule has 0 aromatic heterocycles. The Morgan fingerprint density at radius 1 is 1.40 bits per heavy atom. The Kier molecular flexibility index (Phi) is 2.00. The zero-order chi connectivity index (χ0) is 7.40. The summed E-state index contributed by atoms with van der Waals surface area (Å²) in [5.41, 5.74) is 1.40. The first-order chi connectivity index (χ1) is 4.88. The first kappa shape index (κ1) is 6.75. The van der Waals surface area contributed by atoms with Gasteiger partial charge in [0, 0.05) is 5.56 Å². The molecule has 10 heavy (non-hydrogen) atoms. The van der Waals surface area contributed by atoms with Gasteiger partial charge in [0.25, 0.3) is 0 Å². The van der Waals surface area contributed by atoms with Crippen LogP contribution in [0.3, 0.4) is 0 Å². The van der Waals surface area contributed by atoms with Crippen molar-refractivity contribution in [2.24, 2.45) is 0 Å². The van der Waals surface area contributed by atoms with Crippen LogP contribution in [0.5, 0.6) is 0 Å². The minimum Gasteiger partial charge on any atom is -0.285 e. The van der Waals surface area contributed by atoms with E-state index < -0.39 is 0 Å². The van der Waals surface area contributed by atoms with Crippen LogP contribution >= 0.6 is 0 Å². The molecule has 1 aromatic rings. The normalized spacial score (nSPS) is 8.80. The second-order valence-electron chi connectivity index (χ2n) is 1.89. The van der Waals surface area contributed by atoms with E-state index in [-0.39, 0.29) is 0 Å². The molecule has 0 aliphatic rings. The van der Waals surface area contributed by atoms with E-state index in [0.29, 0.717) is 5.56 Å². The molecule has 0 heterocycles. The van der Waals surface area contributed by atoms with Crippen LogP contribution in [-0.2, 0) is 4.79 Å². The highest BCUT2D eigenvalue weighted by Crippen LogP contribution is 2.05. The zero-order valence-corrected chi connectivity index (χ0v) is 5.50. The van der Waals surface area contributed by atoms with Crippen molar-refractivity contribution in [2.75, 3.05) is 0 Å². The van der Waals surface area contributed by atoms with Crippen molar-refractivity contribution in [3.63, 3.8) is 0 Å². The molecule has 49 valence electrons. The second kappa shape index (κ2) is 2.97. The molecule has 0 aliphatic carbocycles. The van der Waals surface area contributed by atoms with Gasteiger partial charge in [-0.2, -0.15) is 0 Å². The molecule has 0 bridgehead atoms. The predicted octanol–water partition coefficient (Wildman–Crippen LogP) is 1.79. The summed E-state index contributed by atoms with van der Waals surface area (Å²) in [7, 11) is 0. The van der Waals surface area contributed by atoms with E-state index in [0.717, 1.165) is 5.56 Å². The summed E-state index contributed by atoms with van der Waals surface area (Å²) >= 11 is 0. The number of rotatable bonds is 2. The largest absolute Gasteiger partial charge is 0.285 e. The molecule has 0 fully saturated rings. The van der Waals surface area contributed by atoms with Crippen molar-refractivity contribution in [2.45, 2.75) is 0 Å². The average Bonchev–Trinajstić information content (AvgIpc) is 2.04. The fraction of sp³-hybridized carbons (Fsp3) is 0. The van der Waals surface area contributed by atoms with Crippen LogP contribution in [0.25, 0.3) is 6.08 Å². The molecule has 1 aromatic carbocycles. The molecule has 0 saturated heterocycles. The predicted molar refractivity (Wildman–Crippen MR) is 41.3 cm³/mol. The third kappa shape index (κ3) is 1.13. The molecule has 1 heteroatoms. The van der Waals surface area contributed by atoms with Crippen LogP contribution in [0.1, 0.15) is 11.1 Å².